The number of methoxy groups -OCH3 is 1. The van der Waals surface area contributed by atoms with Crippen LogP contribution in [0.1, 0.15) is 22.7 Å². The van der Waals surface area contributed by atoms with E-state index < -0.39 is 22.0 Å². The van der Waals surface area contributed by atoms with Crippen molar-refractivity contribution in [3.8, 4) is 11.5 Å². The molecule has 5 rings (SSSR count). The molecule has 1 fully saturated rings. The zero-order chi connectivity index (χ0) is 32.4. The summed E-state index contributed by atoms with van der Waals surface area (Å²) in [6, 6.07) is 31.0. The second-order valence-electron chi connectivity index (χ2n) is 10.6. The molecule has 1 saturated heterocycles. The SMILES string of the molecule is COc1ccccc1CNC(=O)[C@H](c1ccccc1)N(Cc1ccccc1)C(=O)COc1ccc(S(=O)(=O)N2CCOCC2)cc1. The molecule has 1 heterocycles. The summed E-state index contributed by atoms with van der Waals surface area (Å²) in [7, 11) is -2.10. The highest BCUT2D eigenvalue weighted by atomic mass is 32.2. The standard InChI is InChI=1S/C35H37N3O7S/c1-43-32-15-9-8-14-29(32)24-36-35(40)34(28-12-6-3-7-13-28)38(25-27-10-4-2-5-11-27)33(39)26-45-30-16-18-31(19-17-30)46(41,42)37-20-22-44-23-21-37/h2-19,34H,20-26H2,1H3,(H,36,40)/t34-/m0/s1. The lowest BCUT2D eigenvalue weighted by Gasteiger charge is -2.31. The van der Waals surface area contributed by atoms with Gasteiger partial charge in [0.1, 0.15) is 17.5 Å². The number of ether oxygens (including phenoxy) is 3. The number of hydrogen-bond donors (Lipinski definition) is 1. The second-order valence-corrected chi connectivity index (χ2v) is 12.6. The fourth-order valence-corrected chi connectivity index (χ4v) is 6.62. The highest BCUT2D eigenvalue weighted by Crippen LogP contribution is 2.26. The second kappa shape index (κ2) is 15.5. The van der Waals surface area contributed by atoms with Crippen molar-refractivity contribution in [3.63, 3.8) is 0 Å². The maximum absolute atomic E-state index is 13.9. The summed E-state index contributed by atoms with van der Waals surface area (Å²) in [5.41, 5.74) is 2.28. The molecule has 0 radical (unpaired) electrons. The van der Waals surface area contributed by atoms with Gasteiger partial charge in [0.2, 0.25) is 15.9 Å². The molecule has 0 spiro atoms. The van der Waals surface area contributed by atoms with Crippen LogP contribution in [0.5, 0.6) is 11.5 Å². The van der Waals surface area contributed by atoms with Gasteiger partial charge in [-0.25, -0.2) is 8.42 Å². The summed E-state index contributed by atoms with van der Waals surface area (Å²) < 4.78 is 44.0. The summed E-state index contributed by atoms with van der Waals surface area (Å²) in [6.07, 6.45) is 0. The van der Waals surface area contributed by atoms with E-state index in [9.17, 15) is 18.0 Å². The van der Waals surface area contributed by atoms with Crippen LogP contribution in [0.25, 0.3) is 0 Å². The number of rotatable bonds is 13. The lowest BCUT2D eigenvalue weighted by Crippen LogP contribution is -2.45. The molecular weight excluding hydrogens is 606 g/mol. The number of hydrogen-bond acceptors (Lipinski definition) is 7. The van der Waals surface area contributed by atoms with Gasteiger partial charge in [-0.2, -0.15) is 4.31 Å². The Morgan fingerprint density at radius 2 is 1.50 bits per heavy atom. The minimum Gasteiger partial charge on any atom is -0.496 e. The number of para-hydroxylation sites is 1. The number of benzene rings is 4. The predicted octanol–water partition coefficient (Wildman–Crippen LogP) is 4.18. The minimum absolute atomic E-state index is 0.134. The first-order valence-corrected chi connectivity index (χ1v) is 16.4. The van der Waals surface area contributed by atoms with Gasteiger partial charge in [-0.1, -0.05) is 78.9 Å². The number of sulfonamides is 1. The quantitative estimate of drug-likeness (QED) is 0.233. The molecule has 0 bridgehead atoms. The zero-order valence-electron chi connectivity index (χ0n) is 25.6. The van der Waals surface area contributed by atoms with Crippen LogP contribution in [0.3, 0.4) is 0 Å². The van der Waals surface area contributed by atoms with Crippen molar-refractivity contribution in [1.82, 2.24) is 14.5 Å². The van der Waals surface area contributed by atoms with E-state index in [-0.39, 0.29) is 30.5 Å². The van der Waals surface area contributed by atoms with Crippen molar-refractivity contribution >= 4 is 21.8 Å². The average Bonchev–Trinajstić information content (AvgIpc) is 3.11. The van der Waals surface area contributed by atoms with E-state index in [1.54, 1.807) is 7.11 Å². The Hall–Kier alpha value is -4.71. The normalized spacial score (nSPS) is 14.2. The van der Waals surface area contributed by atoms with Gasteiger partial charge in [0.05, 0.1) is 25.2 Å². The maximum atomic E-state index is 13.9. The van der Waals surface area contributed by atoms with Crippen LogP contribution in [0.15, 0.2) is 114 Å². The smallest absolute Gasteiger partial charge is 0.261 e. The van der Waals surface area contributed by atoms with E-state index in [1.165, 1.54) is 33.5 Å². The van der Waals surface area contributed by atoms with E-state index in [0.29, 0.717) is 43.4 Å². The molecule has 4 aromatic carbocycles. The monoisotopic (exact) mass is 643 g/mol. The van der Waals surface area contributed by atoms with Crippen molar-refractivity contribution in [2.24, 2.45) is 0 Å². The largest absolute Gasteiger partial charge is 0.496 e. The average molecular weight is 644 g/mol. The zero-order valence-corrected chi connectivity index (χ0v) is 26.4. The third-order valence-corrected chi connectivity index (χ3v) is 9.54. The Labute approximate surface area is 269 Å². The molecule has 2 amide bonds. The fourth-order valence-electron chi connectivity index (χ4n) is 5.21. The van der Waals surface area contributed by atoms with Crippen LogP contribution in [0.4, 0.5) is 0 Å². The van der Waals surface area contributed by atoms with E-state index in [2.05, 4.69) is 5.32 Å². The van der Waals surface area contributed by atoms with Crippen molar-refractivity contribution < 1.29 is 32.2 Å². The Morgan fingerprint density at radius 3 is 2.17 bits per heavy atom. The van der Waals surface area contributed by atoms with Crippen LogP contribution in [-0.2, 0) is 37.4 Å². The van der Waals surface area contributed by atoms with Crippen LogP contribution >= 0.6 is 0 Å². The van der Waals surface area contributed by atoms with Gasteiger partial charge < -0.3 is 24.4 Å². The van der Waals surface area contributed by atoms with Crippen LogP contribution in [0.2, 0.25) is 0 Å². The van der Waals surface area contributed by atoms with E-state index in [1.807, 2.05) is 84.9 Å². The number of nitrogens with one attached hydrogen (secondary N) is 1. The molecule has 1 N–H and O–H groups in total. The van der Waals surface area contributed by atoms with Gasteiger partial charge in [0.15, 0.2) is 6.61 Å². The summed E-state index contributed by atoms with van der Waals surface area (Å²) in [4.78, 5) is 29.5. The summed E-state index contributed by atoms with van der Waals surface area (Å²) in [5.74, 6) is 0.188. The highest BCUT2D eigenvalue weighted by Gasteiger charge is 2.32. The molecule has 1 aliphatic rings. The molecule has 1 atom stereocenters. The number of carbonyl (C=O) groups is 2. The maximum Gasteiger partial charge on any atom is 0.261 e. The van der Waals surface area contributed by atoms with E-state index in [0.717, 1.165) is 11.1 Å². The first kappa shape index (κ1) is 32.7. The van der Waals surface area contributed by atoms with Crippen molar-refractivity contribution in [3.05, 3.63) is 126 Å². The molecular formula is C35H37N3O7S. The number of amides is 2. The topological polar surface area (TPSA) is 114 Å². The molecule has 0 saturated carbocycles. The molecule has 11 heteroatoms. The molecule has 4 aromatic rings. The molecule has 10 nitrogen and oxygen atoms in total. The molecule has 0 aromatic heterocycles. The Bertz CT molecular complexity index is 1700. The highest BCUT2D eigenvalue weighted by molar-refractivity contribution is 7.89. The molecule has 46 heavy (non-hydrogen) atoms. The van der Waals surface area contributed by atoms with Gasteiger partial charge in [-0.05, 0) is 41.5 Å². The van der Waals surface area contributed by atoms with Gasteiger partial charge in [0, 0.05) is 31.7 Å². The van der Waals surface area contributed by atoms with Gasteiger partial charge in [-0.15, -0.1) is 0 Å². The van der Waals surface area contributed by atoms with E-state index >= 15 is 0 Å². The third-order valence-electron chi connectivity index (χ3n) is 7.63. The van der Waals surface area contributed by atoms with Gasteiger partial charge >= 0.3 is 0 Å². The van der Waals surface area contributed by atoms with Crippen molar-refractivity contribution in [1.29, 1.82) is 0 Å². The van der Waals surface area contributed by atoms with Crippen LogP contribution in [-0.4, -0.2) is 69.5 Å². The summed E-state index contributed by atoms with van der Waals surface area (Å²) >= 11 is 0. The Morgan fingerprint density at radius 1 is 0.870 bits per heavy atom. The number of nitrogens with zero attached hydrogens (tertiary/aromatic N) is 2. The number of carbonyl (C=O) groups excluding carboxylic acids is 2. The van der Waals surface area contributed by atoms with Crippen LogP contribution in [0, 0.1) is 0 Å². The fraction of sp³-hybridized carbons (Fsp3) is 0.257. The lowest BCUT2D eigenvalue weighted by atomic mass is 10.0. The Kier molecular flexibility index (Phi) is 11.0. The van der Waals surface area contributed by atoms with Gasteiger partial charge in [0.25, 0.3) is 5.91 Å². The third kappa shape index (κ3) is 8.11. The molecule has 0 aliphatic carbocycles. The predicted molar refractivity (Wildman–Crippen MR) is 173 cm³/mol. The summed E-state index contributed by atoms with van der Waals surface area (Å²) in [6.45, 7) is 1.28. The van der Waals surface area contributed by atoms with Crippen LogP contribution < -0.4 is 14.8 Å². The van der Waals surface area contributed by atoms with E-state index in [4.69, 9.17) is 14.2 Å². The minimum atomic E-state index is -3.67. The number of morpholine rings is 1. The Balaban J connectivity index is 1.36. The molecule has 0 unspecified atom stereocenters. The lowest BCUT2D eigenvalue weighted by molar-refractivity contribution is -0.143. The first-order chi connectivity index (χ1) is 22.4. The molecule has 240 valence electrons. The first-order valence-electron chi connectivity index (χ1n) is 15.0. The van der Waals surface area contributed by atoms with Gasteiger partial charge in [-0.3, -0.25) is 9.59 Å². The summed E-state index contributed by atoms with van der Waals surface area (Å²) in [5, 5.41) is 2.99. The van der Waals surface area contributed by atoms with Crippen molar-refractivity contribution in [2.45, 2.75) is 24.0 Å². The van der Waals surface area contributed by atoms with Crippen molar-refractivity contribution in [2.75, 3.05) is 40.0 Å². The molecule has 1 aliphatic heterocycles.